The summed E-state index contributed by atoms with van der Waals surface area (Å²) in [6.45, 7) is 2.31. The zero-order valence-electron chi connectivity index (χ0n) is 14.8. The second-order valence-corrected chi connectivity index (χ2v) is 6.59. The molecule has 0 bridgehead atoms. The molecule has 1 saturated heterocycles. The highest BCUT2D eigenvalue weighted by molar-refractivity contribution is 6.03. The summed E-state index contributed by atoms with van der Waals surface area (Å²) in [6.07, 6.45) is -0.0234. The summed E-state index contributed by atoms with van der Waals surface area (Å²) in [5.41, 5.74) is 2.38. The van der Waals surface area contributed by atoms with Crippen LogP contribution in [0.15, 0.2) is 47.6 Å². The van der Waals surface area contributed by atoms with Gasteiger partial charge in [-0.15, -0.1) is 0 Å². The van der Waals surface area contributed by atoms with Crippen molar-refractivity contribution in [2.24, 2.45) is 11.1 Å². The highest BCUT2D eigenvalue weighted by atomic mass is 19.1. The van der Waals surface area contributed by atoms with Gasteiger partial charge in [0.25, 0.3) is 0 Å². The zero-order valence-corrected chi connectivity index (χ0v) is 14.8. The first-order chi connectivity index (χ1) is 12.7. The summed E-state index contributed by atoms with van der Waals surface area (Å²) in [5.74, 6) is 1.27. The lowest BCUT2D eigenvalue weighted by atomic mass is 9.94. The van der Waals surface area contributed by atoms with E-state index in [0.717, 1.165) is 25.2 Å². The average Bonchev–Trinajstić information content (AvgIpc) is 3.22. The summed E-state index contributed by atoms with van der Waals surface area (Å²) in [7, 11) is 3.26. The van der Waals surface area contributed by atoms with Gasteiger partial charge in [0.2, 0.25) is 0 Å². The molecule has 2 aliphatic rings. The van der Waals surface area contributed by atoms with Crippen molar-refractivity contribution in [3.8, 4) is 11.5 Å². The van der Waals surface area contributed by atoms with Gasteiger partial charge in [-0.2, -0.15) is 0 Å². The maximum atomic E-state index is 14.1. The van der Waals surface area contributed by atoms with Crippen LogP contribution in [0, 0.1) is 11.7 Å². The van der Waals surface area contributed by atoms with Crippen molar-refractivity contribution in [3.05, 3.63) is 59.4 Å². The van der Waals surface area contributed by atoms with Crippen LogP contribution in [0.3, 0.4) is 0 Å². The van der Waals surface area contributed by atoms with Crippen LogP contribution < -0.4 is 9.47 Å². The molecule has 2 heterocycles. The first kappa shape index (κ1) is 16.8. The molecule has 0 saturated carbocycles. The molecule has 2 aromatic carbocycles. The molecule has 4 rings (SSSR count). The molecule has 26 heavy (non-hydrogen) atoms. The number of hydrogen-bond acceptors (Lipinski definition) is 5. The standard InChI is InChI=1S/C20H21FN2O3/c1-24-17-8-7-13(9-18(17)25-2)10-23-11-15-19(12-23)26-22-20(15)14-5-3-4-6-16(14)21/h3-9,15,19H,10-12H2,1-2H3. The molecule has 2 unspecified atom stereocenters. The van der Waals surface area contributed by atoms with Crippen molar-refractivity contribution in [1.82, 2.24) is 4.90 Å². The number of rotatable bonds is 5. The number of benzene rings is 2. The highest BCUT2D eigenvalue weighted by Crippen LogP contribution is 2.33. The van der Waals surface area contributed by atoms with Crippen LogP contribution in [-0.4, -0.2) is 44.0 Å². The van der Waals surface area contributed by atoms with Gasteiger partial charge in [-0.1, -0.05) is 29.4 Å². The number of methoxy groups -OCH3 is 2. The summed E-state index contributed by atoms with van der Waals surface area (Å²) in [4.78, 5) is 7.88. The van der Waals surface area contributed by atoms with Crippen molar-refractivity contribution < 1.29 is 18.7 Å². The minimum Gasteiger partial charge on any atom is -0.493 e. The second kappa shape index (κ2) is 6.96. The summed E-state index contributed by atoms with van der Waals surface area (Å²) in [6, 6.07) is 12.7. The lowest BCUT2D eigenvalue weighted by Gasteiger charge is -2.17. The maximum absolute atomic E-state index is 14.1. The predicted octanol–water partition coefficient (Wildman–Crippen LogP) is 3.08. The second-order valence-electron chi connectivity index (χ2n) is 6.59. The molecule has 0 N–H and O–H groups in total. The van der Waals surface area contributed by atoms with E-state index < -0.39 is 0 Å². The topological polar surface area (TPSA) is 43.3 Å². The molecular formula is C20H21FN2O3. The smallest absolute Gasteiger partial charge is 0.161 e. The van der Waals surface area contributed by atoms with Gasteiger partial charge in [0, 0.05) is 25.2 Å². The van der Waals surface area contributed by atoms with Crippen molar-refractivity contribution >= 4 is 5.71 Å². The van der Waals surface area contributed by atoms with E-state index in [1.54, 1.807) is 26.4 Å². The summed E-state index contributed by atoms with van der Waals surface area (Å²) >= 11 is 0. The molecule has 1 fully saturated rings. The lowest BCUT2D eigenvalue weighted by molar-refractivity contribution is 0.0745. The van der Waals surface area contributed by atoms with Gasteiger partial charge < -0.3 is 14.3 Å². The zero-order chi connectivity index (χ0) is 18.1. The van der Waals surface area contributed by atoms with Crippen molar-refractivity contribution in [3.63, 3.8) is 0 Å². The first-order valence-corrected chi connectivity index (χ1v) is 8.61. The third-order valence-corrected chi connectivity index (χ3v) is 4.98. The van der Waals surface area contributed by atoms with Crippen LogP contribution in [0.1, 0.15) is 11.1 Å². The molecule has 2 aromatic rings. The Bertz CT molecular complexity index is 840. The SMILES string of the molecule is COc1ccc(CN2CC3ON=C(c4ccccc4F)C3C2)cc1OC. The molecule has 136 valence electrons. The monoisotopic (exact) mass is 356 g/mol. The van der Waals surface area contributed by atoms with Crippen molar-refractivity contribution in [2.45, 2.75) is 12.6 Å². The van der Waals surface area contributed by atoms with Crippen LogP contribution in [0.25, 0.3) is 0 Å². The molecule has 0 spiro atoms. The number of fused-ring (bicyclic) bond motifs is 1. The quantitative estimate of drug-likeness (QED) is 0.826. The Balaban J connectivity index is 1.48. The van der Waals surface area contributed by atoms with E-state index in [-0.39, 0.29) is 17.8 Å². The highest BCUT2D eigenvalue weighted by Gasteiger charge is 2.43. The molecular weight excluding hydrogens is 335 g/mol. The van der Waals surface area contributed by atoms with Gasteiger partial charge in [0.15, 0.2) is 11.5 Å². The Labute approximate surface area is 152 Å². The van der Waals surface area contributed by atoms with Crippen LogP contribution >= 0.6 is 0 Å². The van der Waals surface area contributed by atoms with Crippen molar-refractivity contribution in [1.29, 1.82) is 0 Å². The van der Waals surface area contributed by atoms with Gasteiger partial charge in [0.05, 0.1) is 25.8 Å². The third-order valence-electron chi connectivity index (χ3n) is 4.98. The van der Waals surface area contributed by atoms with E-state index in [2.05, 4.69) is 10.1 Å². The van der Waals surface area contributed by atoms with Gasteiger partial charge in [-0.05, 0) is 23.8 Å². The predicted molar refractivity (Wildman–Crippen MR) is 96.1 cm³/mol. The number of likely N-dealkylation sites (tertiary alicyclic amines) is 1. The number of halogens is 1. The van der Waals surface area contributed by atoms with Gasteiger partial charge >= 0.3 is 0 Å². The molecule has 0 radical (unpaired) electrons. The van der Waals surface area contributed by atoms with Gasteiger partial charge in [0.1, 0.15) is 11.9 Å². The number of hydrogen-bond donors (Lipinski definition) is 0. The molecule has 2 aliphatic heterocycles. The largest absolute Gasteiger partial charge is 0.493 e. The average molecular weight is 356 g/mol. The van der Waals surface area contributed by atoms with Crippen LogP contribution in [0.2, 0.25) is 0 Å². The summed E-state index contributed by atoms with van der Waals surface area (Å²) < 4.78 is 24.8. The fourth-order valence-corrected chi connectivity index (χ4v) is 3.70. The minimum absolute atomic E-state index is 0.0234. The molecule has 0 aromatic heterocycles. The first-order valence-electron chi connectivity index (χ1n) is 8.61. The molecule has 2 atom stereocenters. The number of ether oxygens (including phenoxy) is 2. The van der Waals surface area contributed by atoms with Gasteiger partial charge in [-0.25, -0.2) is 4.39 Å². The summed E-state index contributed by atoms with van der Waals surface area (Å²) in [5, 5.41) is 4.16. The molecule has 0 amide bonds. The van der Waals surface area contributed by atoms with Gasteiger partial charge in [-0.3, -0.25) is 4.90 Å². The lowest BCUT2D eigenvalue weighted by Crippen LogP contribution is -2.23. The fraction of sp³-hybridized carbons (Fsp3) is 0.350. The molecule has 5 nitrogen and oxygen atoms in total. The Morgan fingerprint density at radius 1 is 1.12 bits per heavy atom. The molecule has 0 aliphatic carbocycles. The van der Waals surface area contributed by atoms with Crippen LogP contribution in [0.5, 0.6) is 11.5 Å². The van der Waals surface area contributed by atoms with E-state index in [9.17, 15) is 4.39 Å². The van der Waals surface area contributed by atoms with Crippen LogP contribution in [0.4, 0.5) is 4.39 Å². The van der Waals surface area contributed by atoms with E-state index in [4.69, 9.17) is 14.3 Å². The van der Waals surface area contributed by atoms with E-state index in [1.807, 2.05) is 24.3 Å². The van der Waals surface area contributed by atoms with Crippen molar-refractivity contribution in [2.75, 3.05) is 27.3 Å². The fourth-order valence-electron chi connectivity index (χ4n) is 3.70. The normalized spacial score (nSPS) is 21.9. The van der Waals surface area contributed by atoms with Crippen LogP contribution in [-0.2, 0) is 11.4 Å². The minimum atomic E-state index is -0.256. The number of nitrogens with zero attached hydrogens (tertiary/aromatic N) is 2. The van der Waals surface area contributed by atoms with E-state index in [0.29, 0.717) is 22.8 Å². The Morgan fingerprint density at radius 3 is 2.69 bits per heavy atom. The Hall–Kier alpha value is -2.60. The molecule has 6 heteroatoms. The third kappa shape index (κ3) is 3.01. The maximum Gasteiger partial charge on any atom is 0.161 e. The Kier molecular flexibility index (Phi) is 4.51. The van der Waals surface area contributed by atoms with E-state index in [1.165, 1.54) is 6.07 Å². The van der Waals surface area contributed by atoms with E-state index >= 15 is 0 Å². The Morgan fingerprint density at radius 2 is 1.92 bits per heavy atom. The number of oxime groups is 1.